The molecular weight excluding hydrogens is 265 g/mol. The summed E-state index contributed by atoms with van der Waals surface area (Å²) in [5.74, 6) is 1.52. The van der Waals surface area contributed by atoms with Gasteiger partial charge in [0.2, 0.25) is 0 Å². The van der Waals surface area contributed by atoms with E-state index in [1.54, 1.807) is 12.3 Å². The molecule has 0 amide bonds. The summed E-state index contributed by atoms with van der Waals surface area (Å²) < 4.78 is 14.8. The van der Waals surface area contributed by atoms with Crippen LogP contribution < -0.4 is 10.2 Å². The molecule has 3 atom stereocenters. The summed E-state index contributed by atoms with van der Waals surface area (Å²) in [7, 11) is 0. The molecule has 2 rings (SSSR count). The minimum absolute atomic E-state index is 0.158. The van der Waals surface area contributed by atoms with E-state index in [9.17, 15) is 4.39 Å². The van der Waals surface area contributed by atoms with E-state index in [1.807, 2.05) is 0 Å². The van der Waals surface area contributed by atoms with Crippen LogP contribution in [0.2, 0.25) is 0 Å². The van der Waals surface area contributed by atoms with Gasteiger partial charge in [-0.15, -0.1) is 0 Å². The average Bonchev–Trinajstić information content (AvgIpc) is 2.45. The van der Waals surface area contributed by atoms with Gasteiger partial charge >= 0.3 is 0 Å². The quantitative estimate of drug-likeness (QED) is 0.841. The molecule has 3 nitrogen and oxygen atoms in total. The van der Waals surface area contributed by atoms with Crippen molar-refractivity contribution in [2.24, 2.45) is 11.8 Å². The highest BCUT2D eigenvalue weighted by Gasteiger charge is 2.31. The standard InChI is InChI=1S/C17H28FN3/c1-5-7-19-10-15-6-8-20-17(16(15)18)21-11-12(2)9-13(3)14(21)4/h6,8,12-14,19H,5,7,9-11H2,1-4H3. The number of nitrogens with one attached hydrogen (secondary N) is 1. The van der Waals surface area contributed by atoms with Gasteiger partial charge in [0.25, 0.3) is 0 Å². The normalized spacial score (nSPS) is 26.1. The molecule has 1 N–H and O–H groups in total. The summed E-state index contributed by atoms with van der Waals surface area (Å²) in [6.45, 7) is 11.1. The van der Waals surface area contributed by atoms with E-state index in [0.717, 1.165) is 19.5 Å². The Bertz CT molecular complexity index is 463. The van der Waals surface area contributed by atoms with Crippen LogP contribution in [0.25, 0.3) is 0 Å². The third kappa shape index (κ3) is 3.73. The molecule has 118 valence electrons. The summed E-state index contributed by atoms with van der Waals surface area (Å²) >= 11 is 0. The molecule has 0 saturated carbocycles. The van der Waals surface area contributed by atoms with Crippen LogP contribution in [0.4, 0.5) is 10.2 Å². The zero-order chi connectivity index (χ0) is 15.4. The number of hydrogen-bond acceptors (Lipinski definition) is 3. The van der Waals surface area contributed by atoms with E-state index in [1.165, 1.54) is 6.42 Å². The Morgan fingerprint density at radius 2 is 2.14 bits per heavy atom. The Kier molecular flexibility index (Phi) is 5.57. The summed E-state index contributed by atoms with van der Waals surface area (Å²) in [5.41, 5.74) is 0.714. The molecule has 3 unspecified atom stereocenters. The summed E-state index contributed by atoms with van der Waals surface area (Å²) in [4.78, 5) is 6.48. The molecule has 0 aliphatic carbocycles. The average molecular weight is 293 g/mol. The highest BCUT2D eigenvalue weighted by Crippen LogP contribution is 2.32. The molecule has 1 aliphatic heterocycles. The molecule has 2 heterocycles. The lowest BCUT2D eigenvalue weighted by atomic mass is 9.86. The number of nitrogens with zero attached hydrogens (tertiary/aromatic N) is 2. The topological polar surface area (TPSA) is 28.2 Å². The van der Waals surface area contributed by atoms with Crippen molar-refractivity contribution in [3.63, 3.8) is 0 Å². The van der Waals surface area contributed by atoms with Gasteiger partial charge in [0.1, 0.15) is 0 Å². The van der Waals surface area contributed by atoms with Crippen LogP contribution in [-0.4, -0.2) is 24.1 Å². The van der Waals surface area contributed by atoms with Crippen LogP contribution in [0.5, 0.6) is 0 Å². The molecule has 4 heteroatoms. The lowest BCUT2D eigenvalue weighted by Crippen LogP contribution is -2.46. The largest absolute Gasteiger partial charge is 0.351 e. The van der Waals surface area contributed by atoms with Crippen molar-refractivity contribution in [2.45, 2.75) is 53.1 Å². The molecule has 1 aliphatic rings. The first-order valence-corrected chi connectivity index (χ1v) is 8.15. The first-order valence-electron chi connectivity index (χ1n) is 8.15. The molecule has 1 aromatic heterocycles. The maximum atomic E-state index is 14.8. The van der Waals surface area contributed by atoms with E-state index >= 15 is 0 Å². The Hall–Kier alpha value is -1.16. The van der Waals surface area contributed by atoms with Crippen molar-refractivity contribution in [1.82, 2.24) is 10.3 Å². The highest BCUT2D eigenvalue weighted by atomic mass is 19.1. The van der Waals surface area contributed by atoms with Gasteiger partial charge in [-0.1, -0.05) is 20.8 Å². The lowest BCUT2D eigenvalue weighted by molar-refractivity contribution is 0.293. The van der Waals surface area contributed by atoms with Crippen molar-refractivity contribution in [3.05, 3.63) is 23.6 Å². The second-order valence-electron chi connectivity index (χ2n) is 6.50. The van der Waals surface area contributed by atoms with Gasteiger partial charge in [0.15, 0.2) is 11.6 Å². The Morgan fingerprint density at radius 1 is 1.38 bits per heavy atom. The number of pyridine rings is 1. The van der Waals surface area contributed by atoms with Crippen molar-refractivity contribution in [1.29, 1.82) is 0 Å². The number of halogens is 1. The van der Waals surface area contributed by atoms with E-state index in [-0.39, 0.29) is 5.82 Å². The fourth-order valence-electron chi connectivity index (χ4n) is 3.20. The number of piperidine rings is 1. The first-order chi connectivity index (χ1) is 10.0. The van der Waals surface area contributed by atoms with Crippen molar-refractivity contribution < 1.29 is 4.39 Å². The SMILES string of the molecule is CCCNCc1ccnc(N2CC(C)CC(C)C2C)c1F. The van der Waals surface area contributed by atoms with Crippen LogP contribution in [0.1, 0.15) is 46.1 Å². The van der Waals surface area contributed by atoms with Gasteiger partial charge in [0.05, 0.1) is 0 Å². The lowest BCUT2D eigenvalue weighted by Gasteiger charge is -2.42. The van der Waals surface area contributed by atoms with E-state index in [0.29, 0.717) is 35.8 Å². The second-order valence-corrected chi connectivity index (χ2v) is 6.50. The minimum atomic E-state index is -0.158. The summed E-state index contributed by atoms with van der Waals surface area (Å²) in [5, 5.41) is 3.26. The van der Waals surface area contributed by atoms with Gasteiger partial charge < -0.3 is 10.2 Å². The third-order valence-electron chi connectivity index (χ3n) is 4.56. The molecular formula is C17H28FN3. The second kappa shape index (κ2) is 7.21. The summed E-state index contributed by atoms with van der Waals surface area (Å²) in [6, 6.07) is 2.12. The molecule has 0 bridgehead atoms. The van der Waals surface area contributed by atoms with E-state index < -0.39 is 0 Å². The van der Waals surface area contributed by atoms with Crippen LogP contribution >= 0.6 is 0 Å². The van der Waals surface area contributed by atoms with Crippen molar-refractivity contribution >= 4 is 5.82 Å². The smallest absolute Gasteiger partial charge is 0.170 e. The molecule has 1 aromatic rings. The van der Waals surface area contributed by atoms with Gasteiger partial charge in [0, 0.05) is 30.9 Å². The number of rotatable bonds is 5. The monoisotopic (exact) mass is 293 g/mol. The van der Waals surface area contributed by atoms with Gasteiger partial charge in [-0.05, 0) is 44.2 Å². The zero-order valence-electron chi connectivity index (χ0n) is 13.7. The third-order valence-corrected chi connectivity index (χ3v) is 4.56. The fourth-order valence-corrected chi connectivity index (χ4v) is 3.20. The van der Waals surface area contributed by atoms with Crippen LogP contribution in [0.3, 0.4) is 0 Å². The van der Waals surface area contributed by atoms with Gasteiger partial charge in [-0.3, -0.25) is 0 Å². The maximum Gasteiger partial charge on any atom is 0.170 e. The molecule has 0 spiro atoms. The van der Waals surface area contributed by atoms with Crippen molar-refractivity contribution in [2.75, 3.05) is 18.0 Å². The predicted molar refractivity (Wildman–Crippen MR) is 85.9 cm³/mol. The minimum Gasteiger partial charge on any atom is -0.351 e. The van der Waals surface area contributed by atoms with Gasteiger partial charge in [-0.25, -0.2) is 9.37 Å². The number of anilines is 1. The molecule has 1 saturated heterocycles. The van der Waals surface area contributed by atoms with Gasteiger partial charge in [-0.2, -0.15) is 0 Å². The van der Waals surface area contributed by atoms with Crippen molar-refractivity contribution in [3.8, 4) is 0 Å². The Morgan fingerprint density at radius 3 is 2.86 bits per heavy atom. The molecule has 1 fully saturated rings. The maximum absolute atomic E-state index is 14.8. The number of aromatic nitrogens is 1. The Balaban J connectivity index is 2.20. The highest BCUT2D eigenvalue weighted by molar-refractivity contribution is 5.45. The van der Waals surface area contributed by atoms with Crippen LogP contribution in [-0.2, 0) is 6.54 Å². The molecule has 0 radical (unpaired) electrons. The van der Waals surface area contributed by atoms with E-state index in [2.05, 4.69) is 42.9 Å². The zero-order valence-corrected chi connectivity index (χ0v) is 13.7. The van der Waals surface area contributed by atoms with Crippen LogP contribution in [0.15, 0.2) is 12.3 Å². The van der Waals surface area contributed by atoms with E-state index in [4.69, 9.17) is 0 Å². The molecule has 21 heavy (non-hydrogen) atoms. The number of hydrogen-bond donors (Lipinski definition) is 1. The first kappa shape index (κ1) is 16.2. The fraction of sp³-hybridized carbons (Fsp3) is 0.706. The van der Waals surface area contributed by atoms with Crippen LogP contribution in [0, 0.1) is 17.7 Å². The molecule has 0 aromatic carbocycles. The predicted octanol–water partition coefficient (Wildman–Crippen LogP) is 3.59. The summed E-state index contributed by atoms with van der Waals surface area (Å²) in [6.07, 6.45) is 3.99. The Labute approximate surface area is 127 Å².